The zero-order valence-corrected chi connectivity index (χ0v) is 17.2. The largest absolute Gasteiger partial charge is 0.504 e. The number of phenolic OH excluding ortho intramolecular Hbond substituents is 1. The van der Waals surface area contributed by atoms with Crippen LogP contribution in [0.5, 0.6) is 11.5 Å². The van der Waals surface area contributed by atoms with E-state index in [1.807, 2.05) is 0 Å². The topological polar surface area (TPSA) is 93.1 Å². The number of esters is 1. The quantitative estimate of drug-likeness (QED) is 0.494. The molecule has 7 nitrogen and oxygen atoms in total. The van der Waals surface area contributed by atoms with Gasteiger partial charge in [0, 0.05) is 14.5 Å². The molecular formula is C15H13Br2NO6S. The maximum atomic E-state index is 12.4. The van der Waals surface area contributed by atoms with Crippen LogP contribution in [0.3, 0.4) is 0 Å². The fourth-order valence-corrected chi connectivity index (χ4v) is 3.63. The molecule has 2 rings (SSSR count). The molecule has 2 amide bonds. The summed E-state index contributed by atoms with van der Waals surface area (Å²) in [6.07, 6.45) is 1.37. The van der Waals surface area contributed by atoms with Crippen molar-refractivity contribution in [2.45, 2.75) is 6.92 Å². The van der Waals surface area contributed by atoms with Crippen molar-refractivity contribution in [1.82, 2.24) is 4.90 Å². The van der Waals surface area contributed by atoms with E-state index in [0.717, 1.165) is 4.90 Å². The van der Waals surface area contributed by atoms with Crippen LogP contribution in [0, 0.1) is 0 Å². The first-order chi connectivity index (χ1) is 11.8. The molecule has 1 aliphatic rings. The van der Waals surface area contributed by atoms with Crippen LogP contribution in [0.2, 0.25) is 0 Å². The van der Waals surface area contributed by atoms with Gasteiger partial charge in [-0.25, -0.2) is 0 Å². The van der Waals surface area contributed by atoms with Crippen molar-refractivity contribution < 1.29 is 29.0 Å². The van der Waals surface area contributed by atoms with E-state index < -0.39 is 23.7 Å². The van der Waals surface area contributed by atoms with Gasteiger partial charge in [0.05, 0.1) is 18.6 Å². The number of thioether (sulfide) groups is 1. The summed E-state index contributed by atoms with van der Waals surface area (Å²) in [4.78, 5) is 36.5. The average molecular weight is 495 g/mol. The molecular weight excluding hydrogens is 482 g/mol. The Bertz CT molecular complexity index is 780. The maximum Gasteiger partial charge on any atom is 0.325 e. The number of hydrogen-bond donors (Lipinski definition) is 1. The van der Waals surface area contributed by atoms with Gasteiger partial charge in [-0.15, -0.1) is 0 Å². The normalized spacial score (nSPS) is 15.8. The average Bonchev–Trinajstić information content (AvgIpc) is 2.84. The molecule has 25 heavy (non-hydrogen) atoms. The summed E-state index contributed by atoms with van der Waals surface area (Å²) < 4.78 is 10.9. The number of aromatic hydroxyl groups is 1. The predicted molar refractivity (Wildman–Crippen MR) is 99.4 cm³/mol. The molecule has 1 saturated heterocycles. The number of hydrogen-bond acceptors (Lipinski definition) is 7. The van der Waals surface area contributed by atoms with Crippen LogP contribution in [0.25, 0.3) is 6.08 Å². The van der Waals surface area contributed by atoms with Gasteiger partial charge in [-0.3, -0.25) is 19.3 Å². The lowest BCUT2D eigenvalue weighted by Crippen LogP contribution is -2.34. The molecule has 1 fully saturated rings. The highest BCUT2D eigenvalue weighted by molar-refractivity contribution is 9.13. The number of carbonyl (C=O) groups excluding carboxylic acids is 3. The highest BCUT2D eigenvalue weighted by Crippen LogP contribution is 2.43. The van der Waals surface area contributed by atoms with Crippen LogP contribution in [0.4, 0.5) is 4.79 Å². The second-order valence-electron chi connectivity index (χ2n) is 4.71. The molecule has 0 saturated carbocycles. The molecule has 0 aliphatic carbocycles. The standard InChI is InChI=1S/C15H13Br2NO6S/c1-3-24-9-5-8(16)12(17)7(13(9)20)4-10-14(21)18(15(22)25-10)6-11(19)23-2/h4-5,20H,3,6H2,1-2H3/b10-4-. The number of carbonyl (C=O) groups is 3. The minimum atomic E-state index is -0.700. The first-order valence-corrected chi connectivity index (χ1v) is 9.36. The lowest BCUT2D eigenvalue weighted by Gasteiger charge is -2.12. The lowest BCUT2D eigenvalue weighted by molar-refractivity contribution is -0.143. The van der Waals surface area contributed by atoms with Gasteiger partial charge in [-0.05, 0) is 62.7 Å². The van der Waals surface area contributed by atoms with Gasteiger partial charge in [-0.2, -0.15) is 0 Å². The Morgan fingerprint density at radius 3 is 2.68 bits per heavy atom. The van der Waals surface area contributed by atoms with Crippen molar-refractivity contribution in [2.24, 2.45) is 0 Å². The minimum Gasteiger partial charge on any atom is -0.504 e. The van der Waals surface area contributed by atoms with Crippen LogP contribution in [-0.2, 0) is 14.3 Å². The minimum absolute atomic E-state index is 0.0745. The number of methoxy groups -OCH3 is 1. The molecule has 1 N–H and O–H groups in total. The van der Waals surface area contributed by atoms with E-state index in [9.17, 15) is 19.5 Å². The number of imide groups is 1. The molecule has 0 aromatic heterocycles. The molecule has 1 aliphatic heterocycles. The molecule has 0 spiro atoms. The molecule has 0 radical (unpaired) electrons. The summed E-state index contributed by atoms with van der Waals surface area (Å²) in [6, 6.07) is 1.59. The number of phenols is 1. The Kier molecular flexibility index (Phi) is 6.53. The molecule has 0 bridgehead atoms. The number of rotatable bonds is 5. The van der Waals surface area contributed by atoms with Crippen molar-refractivity contribution >= 4 is 66.8 Å². The Balaban J connectivity index is 2.42. The highest BCUT2D eigenvalue weighted by atomic mass is 79.9. The van der Waals surface area contributed by atoms with Gasteiger partial charge >= 0.3 is 5.97 Å². The van der Waals surface area contributed by atoms with E-state index >= 15 is 0 Å². The first kappa shape index (κ1) is 19.8. The number of halogens is 2. The predicted octanol–water partition coefficient (Wildman–Crippen LogP) is 3.53. The van der Waals surface area contributed by atoms with E-state index in [4.69, 9.17) is 4.74 Å². The van der Waals surface area contributed by atoms with Crippen molar-refractivity contribution in [2.75, 3.05) is 20.3 Å². The second-order valence-corrected chi connectivity index (χ2v) is 7.35. The lowest BCUT2D eigenvalue weighted by atomic mass is 10.1. The Labute approximate surface area is 164 Å². The fourth-order valence-electron chi connectivity index (χ4n) is 1.97. The van der Waals surface area contributed by atoms with Crippen molar-refractivity contribution in [1.29, 1.82) is 0 Å². The SMILES string of the molecule is CCOc1cc(Br)c(Br)c(/C=C2\SC(=O)N(CC(=O)OC)C2=O)c1O. The van der Waals surface area contributed by atoms with E-state index in [-0.39, 0.29) is 22.0 Å². The summed E-state index contributed by atoms with van der Waals surface area (Å²) in [6.45, 7) is 1.65. The van der Waals surface area contributed by atoms with Gasteiger partial charge in [0.25, 0.3) is 11.1 Å². The van der Waals surface area contributed by atoms with Gasteiger partial charge in [0.2, 0.25) is 0 Å². The summed E-state index contributed by atoms with van der Waals surface area (Å²) >= 11 is 7.33. The molecule has 10 heteroatoms. The number of ether oxygens (including phenoxy) is 2. The molecule has 0 atom stereocenters. The molecule has 1 heterocycles. The molecule has 1 aromatic rings. The third-order valence-electron chi connectivity index (χ3n) is 3.16. The zero-order valence-electron chi connectivity index (χ0n) is 13.2. The summed E-state index contributed by atoms with van der Waals surface area (Å²) in [7, 11) is 1.17. The second kappa shape index (κ2) is 8.24. The first-order valence-electron chi connectivity index (χ1n) is 6.96. The fraction of sp³-hybridized carbons (Fsp3) is 0.267. The Morgan fingerprint density at radius 2 is 2.08 bits per heavy atom. The van der Waals surface area contributed by atoms with Gasteiger partial charge in [0.1, 0.15) is 6.54 Å². The third kappa shape index (κ3) is 4.18. The Morgan fingerprint density at radius 1 is 1.40 bits per heavy atom. The van der Waals surface area contributed by atoms with Crippen LogP contribution >= 0.6 is 43.6 Å². The van der Waals surface area contributed by atoms with Crippen LogP contribution < -0.4 is 4.74 Å². The van der Waals surface area contributed by atoms with Gasteiger partial charge < -0.3 is 14.6 Å². The zero-order chi connectivity index (χ0) is 18.7. The van der Waals surface area contributed by atoms with E-state index in [2.05, 4.69) is 36.6 Å². The van der Waals surface area contributed by atoms with Crippen molar-refractivity contribution in [3.05, 3.63) is 25.5 Å². The van der Waals surface area contributed by atoms with Crippen LogP contribution in [0.15, 0.2) is 19.9 Å². The summed E-state index contributed by atoms with van der Waals surface area (Å²) in [5.41, 5.74) is 0.279. The highest BCUT2D eigenvalue weighted by Gasteiger charge is 2.37. The number of nitrogens with zero attached hydrogens (tertiary/aromatic N) is 1. The van der Waals surface area contributed by atoms with E-state index in [1.54, 1.807) is 13.0 Å². The maximum absolute atomic E-state index is 12.4. The summed E-state index contributed by atoms with van der Waals surface area (Å²) in [5, 5.41) is 9.79. The van der Waals surface area contributed by atoms with Crippen LogP contribution in [0.1, 0.15) is 12.5 Å². The van der Waals surface area contributed by atoms with Crippen molar-refractivity contribution in [3.63, 3.8) is 0 Å². The smallest absolute Gasteiger partial charge is 0.325 e. The molecule has 134 valence electrons. The monoisotopic (exact) mass is 493 g/mol. The summed E-state index contributed by atoms with van der Waals surface area (Å²) in [5.74, 6) is -1.27. The van der Waals surface area contributed by atoms with Crippen LogP contribution in [-0.4, -0.2) is 47.4 Å². The molecule has 0 unspecified atom stereocenters. The van der Waals surface area contributed by atoms with Gasteiger partial charge in [0.15, 0.2) is 11.5 Å². The third-order valence-corrected chi connectivity index (χ3v) is 6.08. The Hall–Kier alpha value is -1.52. The van der Waals surface area contributed by atoms with E-state index in [0.29, 0.717) is 27.3 Å². The van der Waals surface area contributed by atoms with Crippen molar-refractivity contribution in [3.8, 4) is 11.5 Å². The van der Waals surface area contributed by atoms with Gasteiger partial charge in [-0.1, -0.05) is 0 Å². The number of benzene rings is 1. The molecule has 1 aromatic carbocycles. The van der Waals surface area contributed by atoms with E-state index in [1.165, 1.54) is 13.2 Å². The number of amides is 2.